The third-order valence-electron chi connectivity index (χ3n) is 5.19. The third-order valence-corrected chi connectivity index (χ3v) is 5.19. The largest absolute Gasteiger partial charge is 0.509 e. The minimum Gasteiger partial charge on any atom is -0.429 e. The monoisotopic (exact) mass is 278 g/mol. The highest BCUT2D eigenvalue weighted by atomic mass is 16.7. The summed E-state index contributed by atoms with van der Waals surface area (Å²) in [6, 6.07) is 0. The smallest absolute Gasteiger partial charge is 0.429 e. The van der Waals surface area contributed by atoms with Gasteiger partial charge in [0.05, 0.1) is 12.2 Å². The third kappa shape index (κ3) is 1.80. The minimum absolute atomic E-state index is 0.0810. The van der Waals surface area contributed by atoms with E-state index in [-0.39, 0.29) is 18.3 Å². The molecule has 0 radical (unpaired) electrons. The quantitative estimate of drug-likeness (QED) is 0.546. The van der Waals surface area contributed by atoms with E-state index in [9.17, 15) is 4.79 Å². The summed E-state index contributed by atoms with van der Waals surface area (Å²) in [7, 11) is 0. The predicted octanol–water partition coefficient (Wildman–Crippen LogP) is 2.92. The summed E-state index contributed by atoms with van der Waals surface area (Å²) in [4.78, 5) is 11.8. The van der Waals surface area contributed by atoms with Crippen LogP contribution in [0.4, 0.5) is 4.79 Å². The molecule has 1 saturated carbocycles. The summed E-state index contributed by atoms with van der Waals surface area (Å²) in [5.41, 5.74) is -0.507. The Bertz CT molecular complexity index is 464. The molecule has 2 aliphatic carbocycles. The number of fused-ring (bicyclic) bond motifs is 9. The van der Waals surface area contributed by atoms with E-state index in [1.54, 1.807) is 0 Å². The molecule has 4 aliphatic rings. The zero-order chi connectivity index (χ0) is 14.1. The van der Waals surface area contributed by atoms with E-state index in [1.165, 1.54) is 6.42 Å². The molecule has 0 spiro atoms. The first-order valence-electron chi connectivity index (χ1n) is 7.66. The van der Waals surface area contributed by atoms with Crippen molar-refractivity contribution in [3.8, 4) is 0 Å². The number of rotatable bonds is 1. The number of carbonyl (C=O) groups excluding carboxylic acids is 1. The van der Waals surface area contributed by atoms with Crippen LogP contribution in [0.15, 0.2) is 12.2 Å². The molecule has 0 aromatic heterocycles. The molecule has 4 bridgehead atoms. The maximum Gasteiger partial charge on any atom is 0.509 e. The Labute approximate surface area is 119 Å². The van der Waals surface area contributed by atoms with Crippen molar-refractivity contribution in [1.82, 2.24) is 0 Å². The average Bonchev–Trinajstić information content (AvgIpc) is 3.03. The van der Waals surface area contributed by atoms with Crippen molar-refractivity contribution >= 4 is 6.16 Å². The summed E-state index contributed by atoms with van der Waals surface area (Å²) < 4.78 is 16.9. The average molecular weight is 278 g/mol. The van der Waals surface area contributed by atoms with Crippen LogP contribution in [0.25, 0.3) is 0 Å². The standard InChI is InChI=1S/C16H22O4/c1-16(2,3)20-15(17)19-11-7-10-12-8-4-5-9(6-8)13(12)14(11)18-10/h4-5,8-14H,6-7H2,1-3H3. The number of allylic oxidation sites excluding steroid dienone is 2. The molecule has 0 aromatic rings. The maximum absolute atomic E-state index is 11.8. The van der Waals surface area contributed by atoms with Crippen molar-refractivity contribution in [3.63, 3.8) is 0 Å². The zero-order valence-corrected chi connectivity index (χ0v) is 12.2. The summed E-state index contributed by atoms with van der Waals surface area (Å²) >= 11 is 0. The molecule has 2 heterocycles. The molecule has 4 nitrogen and oxygen atoms in total. The Morgan fingerprint density at radius 3 is 2.55 bits per heavy atom. The lowest BCUT2D eigenvalue weighted by molar-refractivity contribution is -0.0510. The molecule has 2 saturated heterocycles. The van der Waals surface area contributed by atoms with E-state index in [0.717, 1.165) is 6.42 Å². The Hall–Kier alpha value is -1.03. The second kappa shape index (κ2) is 4.00. The highest BCUT2D eigenvalue weighted by Gasteiger charge is 2.63. The van der Waals surface area contributed by atoms with Gasteiger partial charge in [-0.2, -0.15) is 0 Å². The van der Waals surface area contributed by atoms with Crippen LogP contribution in [0.5, 0.6) is 0 Å². The van der Waals surface area contributed by atoms with Crippen molar-refractivity contribution < 1.29 is 19.0 Å². The number of hydrogen-bond acceptors (Lipinski definition) is 4. The van der Waals surface area contributed by atoms with E-state index in [1.807, 2.05) is 20.8 Å². The molecule has 0 aromatic carbocycles. The van der Waals surface area contributed by atoms with Crippen LogP contribution in [0.2, 0.25) is 0 Å². The molecule has 110 valence electrons. The van der Waals surface area contributed by atoms with Crippen LogP contribution in [0, 0.1) is 23.7 Å². The number of ether oxygens (including phenoxy) is 3. The van der Waals surface area contributed by atoms with Crippen LogP contribution in [0.3, 0.4) is 0 Å². The lowest BCUT2D eigenvalue weighted by Crippen LogP contribution is -2.41. The molecular weight excluding hydrogens is 256 g/mol. The van der Waals surface area contributed by atoms with Crippen LogP contribution < -0.4 is 0 Å². The van der Waals surface area contributed by atoms with Crippen molar-refractivity contribution in [2.24, 2.45) is 23.7 Å². The van der Waals surface area contributed by atoms with Crippen LogP contribution in [-0.2, 0) is 14.2 Å². The van der Waals surface area contributed by atoms with Crippen LogP contribution in [0.1, 0.15) is 33.6 Å². The molecular formula is C16H22O4. The Kier molecular flexibility index (Phi) is 2.54. The number of hydrogen-bond donors (Lipinski definition) is 0. The van der Waals surface area contributed by atoms with Gasteiger partial charge in [0.15, 0.2) is 0 Å². The summed E-state index contributed by atoms with van der Waals surface area (Å²) in [6.45, 7) is 5.55. The first-order valence-corrected chi connectivity index (χ1v) is 7.66. The summed E-state index contributed by atoms with van der Waals surface area (Å²) in [6.07, 6.45) is 6.47. The lowest BCUT2D eigenvalue weighted by atomic mass is 9.72. The van der Waals surface area contributed by atoms with Gasteiger partial charge in [-0.15, -0.1) is 0 Å². The van der Waals surface area contributed by atoms with E-state index >= 15 is 0 Å². The van der Waals surface area contributed by atoms with Crippen molar-refractivity contribution in [1.29, 1.82) is 0 Å². The molecule has 7 unspecified atom stereocenters. The van der Waals surface area contributed by atoms with Gasteiger partial charge in [-0.05, 0) is 44.9 Å². The lowest BCUT2D eigenvalue weighted by Gasteiger charge is -2.33. The normalized spacial score (nSPS) is 47.6. The molecule has 20 heavy (non-hydrogen) atoms. The van der Waals surface area contributed by atoms with Gasteiger partial charge in [0.2, 0.25) is 0 Å². The summed E-state index contributed by atoms with van der Waals surface area (Å²) in [5, 5.41) is 0. The zero-order valence-electron chi connectivity index (χ0n) is 12.2. The van der Waals surface area contributed by atoms with Crippen molar-refractivity contribution in [3.05, 3.63) is 12.2 Å². The van der Waals surface area contributed by atoms with E-state index in [0.29, 0.717) is 23.7 Å². The van der Waals surface area contributed by atoms with Crippen molar-refractivity contribution in [2.45, 2.75) is 57.5 Å². The molecule has 2 aliphatic heterocycles. The van der Waals surface area contributed by atoms with Gasteiger partial charge >= 0.3 is 6.16 Å². The molecule has 4 heteroatoms. The highest BCUT2D eigenvalue weighted by molar-refractivity contribution is 5.61. The van der Waals surface area contributed by atoms with Gasteiger partial charge in [0.25, 0.3) is 0 Å². The Morgan fingerprint density at radius 1 is 1.15 bits per heavy atom. The molecule has 4 rings (SSSR count). The second-order valence-electron chi connectivity index (χ2n) is 7.60. The van der Waals surface area contributed by atoms with Gasteiger partial charge in [0.1, 0.15) is 11.7 Å². The fourth-order valence-electron chi connectivity index (χ4n) is 4.69. The van der Waals surface area contributed by atoms with Gasteiger partial charge in [-0.25, -0.2) is 4.79 Å². The molecule has 7 atom stereocenters. The van der Waals surface area contributed by atoms with Gasteiger partial charge in [-0.3, -0.25) is 0 Å². The highest BCUT2D eigenvalue weighted by Crippen LogP contribution is 2.60. The minimum atomic E-state index is -0.561. The van der Waals surface area contributed by atoms with E-state index in [4.69, 9.17) is 14.2 Å². The van der Waals surface area contributed by atoms with Crippen LogP contribution in [-0.4, -0.2) is 30.1 Å². The van der Waals surface area contributed by atoms with Crippen molar-refractivity contribution in [2.75, 3.05) is 0 Å². The maximum atomic E-state index is 11.8. The first-order chi connectivity index (χ1) is 9.42. The van der Waals surface area contributed by atoms with E-state index < -0.39 is 11.8 Å². The number of carbonyl (C=O) groups is 1. The summed E-state index contributed by atoms with van der Waals surface area (Å²) in [5.74, 6) is 2.54. The molecule has 0 amide bonds. The Balaban J connectivity index is 1.43. The predicted molar refractivity (Wildman–Crippen MR) is 72.1 cm³/mol. The van der Waals surface area contributed by atoms with Gasteiger partial charge in [0, 0.05) is 12.3 Å². The van der Waals surface area contributed by atoms with Gasteiger partial charge < -0.3 is 14.2 Å². The Morgan fingerprint density at radius 2 is 1.85 bits per heavy atom. The fourth-order valence-corrected chi connectivity index (χ4v) is 4.69. The molecule has 3 fully saturated rings. The van der Waals surface area contributed by atoms with Crippen LogP contribution >= 0.6 is 0 Å². The van der Waals surface area contributed by atoms with E-state index in [2.05, 4.69) is 12.2 Å². The van der Waals surface area contributed by atoms with Gasteiger partial charge in [-0.1, -0.05) is 12.2 Å². The topological polar surface area (TPSA) is 44.8 Å². The fraction of sp³-hybridized carbons (Fsp3) is 0.812. The molecule has 0 N–H and O–H groups in total. The first kappa shape index (κ1) is 12.7. The SMILES string of the molecule is CC(C)(C)OC(=O)OC1CC2OC1C1C3C=CC(C3)C21. The second-order valence-corrected chi connectivity index (χ2v) is 7.60.